The Kier molecular flexibility index (Phi) is 3.43. The smallest absolute Gasteiger partial charge is 0.119 e. The summed E-state index contributed by atoms with van der Waals surface area (Å²) in [4.78, 5) is 0. The van der Waals surface area contributed by atoms with Gasteiger partial charge in [-0.05, 0) is 24.1 Å². The highest BCUT2D eigenvalue weighted by atomic mass is 16.5. The first-order valence-corrected chi connectivity index (χ1v) is 5.67. The van der Waals surface area contributed by atoms with Crippen LogP contribution in [0.4, 0.5) is 0 Å². The molecule has 3 atom stereocenters. The maximum Gasteiger partial charge on any atom is 0.119 e. The van der Waals surface area contributed by atoms with Crippen LogP contribution in [0, 0.1) is 0 Å². The maximum atomic E-state index is 6.05. The van der Waals surface area contributed by atoms with Crippen molar-refractivity contribution >= 4 is 0 Å². The highest BCUT2D eigenvalue weighted by Crippen LogP contribution is 2.28. The summed E-state index contributed by atoms with van der Waals surface area (Å²) in [6, 6.07) is 8.49. The standard InChI is InChI=1S/C12H19N3O/c1-3-10-11(12(13)15-14-10)8-5-4-6-9(7-8)16-2/h4-7,10-12,14-15H,3,13H2,1-2H3. The van der Waals surface area contributed by atoms with Crippen molar-refractivity contribution in [2.24, 2.45) is 5.73 Å². The highest BCUT2D eigenvalue weighted by molar-refractivity contribution is 5.33. The van der Waals surface area contributed by atoms with Crippen LogP contribution in [0.25, 0.3) is 0 Å². The fourth-order valence-electron chi connectivity index (χ4n) is 2.28. The molecule has 1 aromatic rings. The normalized spacial score (nSPS) is 29.3. The summed E-state index contributed by atoms with van der Waals surface area (Å²) in [5.41, 5.74) is 13.6. The number of rotatable bonds is 3. The van der Waals surface area contributed by atoms with Gasteiger partial charge < -0.3 is 10.5 Å². The third kappa shape index (κ3) is 2.04. The van der Waals surface area contributed by atoms with Crippen molar-refractivity contribution in [3.05, 3.63) is 29.8 Å². The zero-order valence-corrected chi connectivity index (χ0v) is 9.73. The fraction of sp³-hybridized carbons (Fsp3) is 0.500. The van der Waals surface area contributed by atoms with Crippen LogP contribution in [0.3, 0.4) is 0 Å². The lowest BCUT2D eigenvalue weighted by molar-refractivity contribution is 0.412. The van der Waals surface area contributed by atoms with E-state index in [1.165, 1.54) is 5.56 Å². The first-order chi connectivity index (χ1) is 7.76. The molecule has 0 saturated carbocycles. The molecule has 4 heteroatoms. The van der Waals surface area contributed by atoms with Gasteiger partial charge in [0.1, 0.15) is 5.75 Å². The molecule has 0 bridgehead atoms. The number of nitrogens with two attached hydrogens (primary N) is 1. The molecule has 1 saturated heterocycles. The van der Waals surface area contributed by atoms with Crippen molar-refractivity contribution in [2.75, 3.05) is 7.11 Å². The quantitative estimate of drug-likeness (QED) is 0.711. The van der Waals surface area contributed by atoms with Crippen molar-refractivity contribution in [3.8, 4) is 5.75 Å². The minimum absolute atomic E-state index is 0.0444. The number of benzene rings is 1. The van der Waals surface area contributed by atoms with E-state index in [1.54, 1.807) is 7.11 Å². The molecule has 4 N–H and O–H groups in total. The van der Waals surface area contributed by atoms with E-state index in [2.05, 4.69) is 29.9 Å². The summed E-state index contributed by atoms with van der Waals surface area (Å²) in [5.74, 6) is 1.17. The van der Waals surface area contributed by atoms with Gasteiger partial charge in [0.05, 0.1) is 13.3 Å². The second kappa shape index (κ2) is 4.82. The molecule has 1 heterocycles. The van der Waals surface area contributed by atoms with Crippen LogP contribution in [-0.2, 0) is 0 Å². The average molecular weight is 221 g/mol. The Balaban J connectivity index is 2.27. The second-order valence-corrected chi connectivity index (χ2v) is 4.13. The molecule has 1 aliphatic heterocycles. The third-order valence-corrected chi connectivity index (χ3v) is 3.17. The van der Waals surface area contributed by atoms with Gasteiger partial charge in [0.2, 0.25) is 0 Å². The molecule has 0 aliphatic carbocycles. The molecule has 0 radical (unpaired) electrons. The highest BCUT2D eigenvalue weighted by Gasteiger charge is 2.33. The van der Waals surface area contributed by atoms with Crippen molar-refractivity contribution in [3.63, 3.8) is 0 Å². The van der Waals surface area contributed by atoms with Crippen molar-refractivity contribution in [1.29, 1.82) is 0 Å². The lowest BCUT2D eigenvalue weighted by atomic mass is 9.89. The number of ether oxygens (including phenoxy) is 1. The van der Waals surface area contributed by atoms with E-state index >= 15 is 0 Å². The number of hydrogen-bond donors (Lipinski definition) is 3. The largest absolute Gasteiger partial charge is 0.497 e. The fourth-order valence-corrected chi connectivity index (χ4v) is 2.28. The SMILES string of the molecule is CCC1NNC(N)C1c1cccc(OC)c1. The van der Waals surface area contributed by atoms with Gasteiger partial charge in [0, 0.05) is 12.0 Å². The van der Waals surface area contributed by atoms with E-state index in [0.29, 0.717) is 12.0 Å². The zero-order chi connectivity index (χ0) is 11.5. The molecule has 0 aromatic heterocycles. The Labute approximate surface area is 96.1 Å². The van der Waals surface area contributed by atoms with Gasteiger partial charge in [0.25, 0.3) is 0 Å². The van der Waals surface area contributed by atoms with Crippen molar-refractivity contribution < 1.29 is 4.74 Å². The van der Waals surface area contributed by atoms with E-state index in [0.717, 1.165) is 12.2 Å². The van der Waals surface area contributed by atoms with Crippen LogP contribution in [0.2, 0.25) is 0 Å². The molecule has 1 fully saturated rings. The van der Waals surface area contributed by atoms with Crippen LogP contribution >= 0.6 is 0 Å². The zero-order valence-electron chi connectivity index (χ0n) is 9.73. The van der Waals surface area contributed by atoms with Gasteiger partial charge in [-0.15, -0.1) is 0 Å². The second-order valence-electron chi connectivity index (χ2n) is 4.13. The first-order valence-electron chi connectivity index (χ1n) is 5.67. The predicted molar refractivity (Wildman–Crippen MR) is 64.1 cm³/mol. The Morgan fingerprint density at radius 1 is 1.38 bits per heavy atom. The summed E-state index contributed by atoms with van der Waals surface area (Å²) in [5, 5.41) is 0. The third-order valence-electron chi connectivity index (χ3n) is 3.17. The Morgan fingerprint density at radius 2 is 2.19 bits per heavy atom. The molecule has 0 amide bonds. The van der Waals surface area contributed by atoms with E-state index in [9.17, 15) is 0 Å². The Bertz CT molecular complexity index is 356. The van der Waals surface area contributed by atoms with Crippen LogP contribution in [0.1, 0.15) is 24.8 Å². The molecular formula is C12H19N3O. The van der Waals surface area contributed by atoms with Gasteiger partial charge in [-0.3, -0.25) is 5.43 Å². The molecule has 3 unspecified atom stereocenters. The van der Waals surface area contributed by atoms with Crippen LogP contribution in [0.15, 0.2) is 24.3 Å². The molecular weight excluding hydrogens is 202 g/mol. The van der Waals surface area contributed by atoms with Gasteiger partial charge >= 0.3 is 0 Å². The lowest BCUT2D eigenvalue weighted by Gasteiger charge is -2.20. The average Bonchev–Trinajstić information content (AvgIpc) is 2.70. The van der Waals surface area contributed by atoms with Gasteiger partial charge in [-0.25, -0.2) is 5.43 Å². The number of hydrazine groups is 1. The summed E-state index contributed by atoms with van der Waals surface area (Å²) < 4.78 is 5.24. The van der Waals surface area contributed by atoms with Crippen molar-refractivity contribution in [1.82, 2.24) is 10.9 Å². The van der Waals surface area contributed by atoms with Crippen LogP contribution in [-0.4, -0.2) is 19.3 Å². The maximum absolute atomic E-state index is 6.05. The van der Waals surface area contributed by atoms with Crippen LogP contribution < -0.4 is 21.3 Å². The molecule has 4 nitrogen and oxygen atoms in total. The van der Waals surface area contributed by atoms with Gasteiger partial charge in [-0.2, -0.15) is 0 Å². The monoisotopic (exact) mass is 221 g/mol. The number of hydrogen-bond acceptors (Lipinski definition) is 4. The van der Waals surface area contributed by atoms with Gasteiger partial charge in [0.15, 0.2) is 0 Å². The predicted octanol–water partition coefficient (Wildman–Crippen LogP) is 0.950. The van der Waals surface area contributed by atoms with E-state index in [1.807, 2.05) is 12.1 Å². The molecule has 1 aliphatic rings. The number of methoxy groups -OCH3 is 1. The minimum Gasteiger partial charge on any atom is -0.497 e. The van der Waals surface area contributed by atoms with E-state index < -0.39 is 0 Å². The molecule has 88 valence electrons. The summed E-state index contributed by atoms with van der Waals surface area (Å²) in [6.45, 7) is 2.16. The van der Waals surface area contributed by atoms with Crippen molar-refractivity contribution in [2.45, 2.75) is 31.5 Å². The van der Waals surface area contributed by atoms with Gasteiger partial charge in [-0.1, -0.05) is 19.1 Å². The van der Waals surface area contributed by atoms with E-state index in [4.69, 9.17) is 10.5 Å². The molecule has 2 rings (SSSR count). The first kappa shape index (κ1) is 11.4. The van der Waals surface area contributed by atoms with Crippen LogP contribution in [0.5, 0.6) is 5.75 Å². The summed E-state index contributed by atoms with van der Waals surface area (Å²) in [6.07, 6.45) is 1.000. The Hall–Kier alpha value is -1.10. The minimum atomic E-state index is -0.0444. The molecule has 0 spiro atoms. The summed E-state index contributed by atoms with van der Waals surface area (Å²) >= 11 is 0. The lowest BCUT2D eigenvalue weighted by Crippen LogP contribution is -2.38. The number of nitrogens with one attached hydrogen (secondary N) is 2. The van der Waals surface area contributed by atoms with E-state index in [-0.39, 0.29) is 6.17 Å². The summed E-state index contributed by atoms with van der Waals surface area (Å²) in [7, 11) is 1.68. The Morgan fingerprint density at radius 3 is 2.88 bits per heavy atom. The topological polar surface area (TPSA) is 59.3 Å². The molecule has 1 aromatic carbocycles. The molecule has 16 heavy (non-hydrogen) atoms.